The normalized spacial score (nSPS) is 11.1. The minimum absolute atomic E-state index is 0.0435. The Kier molecular flexibility index (Phi) is 4.70. The molecule has 0 aliphatic rings. The molecule has 0 amide bonds. The number of nitrogens with zero attached hydrogens (tertiary/aromatic N) is 2. The standard InChI is InChI=1S/C16H15N3O4/c1-10-3-8-14(11(2)9-10)16(20)23-18-15(17)12-4-6-13(7-5-12)19(21)22/h3-9H,1-2H3,(H2,17,18). The Labute approximate surface area is 132 Å². The van der Waals surface area contributed by atoms with Crippen LogP contribution in [0.3, 0.4) is 0 Å². The summed E-state index contributed by atoms with van der Waals surface area (Å²) in [5.41, 5.74) is 8.28. The first-order valence-corrected chi connectivity index (χ1v) is 6.75. The van der Waals surface area contributed by atoms with Gasteiger partial charge in [0, 0.05) is 17.7 Å². The topological polar surface area (TPSA) is 108 Å². The highest BCUT2D eigenvalue weighted by Gasteiger charge is 2.12. The van der Waals surface area contributed by atoms with E-state index in [-0.39, 0.29) is 11.5 Å². The first kappa shape index (κ1) is 16.2. The van der Waals surface area contributed by atoms with Crippen LogP contribution in [0.4, 0.5) is 5.69 Å². The van der Waals surface area contributed by atoms with Crippen molar-refractivity contribution in [1.29, 1.82) is 0 Å². The number of nitro benzene ring substituents is 1. The molecule has 7 nitrogen and oxygen atoms in total. The van der Waals surface area contributed by atoms with Gasteiger partial charge in [0.15, 0.2) is 5.84 Å². The lowest BCUT2D eigenvalue weighted by molar-refractivity contribution is -0.384. The minimum atomic E-state index is -0.618. The molecule has 23 heavy (non-hydrogen) atoms. The molecule has 7 heteroatoms. The molecular formula is C16H15N3O4. The predicted molar refractivity (Wildman–Crippen MR) is 85.2 cm³/mol. The number of hydrogen-bond acceptors (Lipinski definition) is 5. The summed E-state index contributed by atoms with van der Waals surface area (Å²) in [7, 11) is 0. The number of nitro groups is 1. The number of aryl methyl sites for hydroxylation is 2. The zero-order chi connectivity index (χ0) is 17.0. The van der Waals surface area contributed by atoms with Crippen molar-refractivity contribution in [3.63, 3.8) is 0 Å². The van der Waals surface area contributed by atoms with Crippen molar-refractivity contribution >= 4 is 17.5 Å². The molecule has 2 rings (SSSR count). The van der Waals surface area contributed by atoms with E-state index in [0.29, 0.717) is 11.1 Å². The van der Waals surface area contributed by atoms with Gasteiger partial charge >= 0.3 is 5.97 Å². The van der Waals surface area contributed by atoms with Crippen molar-refractivity contribution in [3.8, 4) is 0 Å². The maximum atomic E-state index is 12.0. The second-order valence-corrected chi connectivity index (χ2v) is 4.98. The Hall–Kier alpha value is -3.22. The molecule has 0 aromatic heterocycles. The summed E-state index contributed by atoms with van der Waals surface area (Å²) in [6.45, 7) is 3.72. The number of nitrogens with two attached hydrogens (primary N) is 1. The van der Waals surface area contributed by atoms with E-state index in [2.05, 4.69) is 5.16 Å². The summed E-state index contributed by atoms with van der Waals surface area (Å²) in [6.07, 6.45) is 0. The highest BCUT2D eigenvalue weighted by molar-refractivity contribution is 5.98. The molecule has 0 aliphatic heterocycles. The molecule has 0 heterocycles. The molecule has 0 spiro atoms. The maximum Gasteiger partial charge on any atom is 0.366 e. The zero-order valence-electron chi connectivity index (χ0n) is 12.6. The average molecular weight is 313 g/mol. The molecule has 0 atom stereocenters. The van der Waals surface area contributed by atoms with Gasteiger partial charge in [-0.05, 0) is 37.6 Å². The van der Waals surface area contributed by atoms with Gasteiger partial charge in [0.2, 0.25) is 0 Å². The van der Waals surface area contributed by atoms with Crippen molar-refractivity contribution in [3.05, 3.63) is 74.8 Å². The van der Waals surface area contributed by atoms with Gasteiger partial charge in [-0.15, -0.1) is 0 Å². The van der Waals surface area contributed by atoms with Gasteiger partial charge in [-0.3, -0.25) is 10.1 Å². The van der Waals surface area contributed by atoms with Crippen LogP contribution in [0.2, 0.25) is 0 Å². The summed E-state index contributed by atoms with van der Waals surface area (Å²) in [5.74, 6) is -0.662. The zero-order valence-corrected chi connectivity index (χ0v) is 12.6. The van der Waals surface area contributed by atoms with Gasteiger partial charge in [0.1, 0.15) is 0 Å². The number of amidine groups is 1. The second kappa shape index (κ2) is 6.69. The third-order valence-electron chi connectivity index (χ3n) is 3.20. The number of carbonyl (C=O) groups is 1. The SMILES string of the molecule is Cc1ccc(C(=O)ON=C(N)c2ccc([N+](=O)[O-])cc2)c(C)c1. The van der Waals surface area contributed by atoms with Crippen LogP contribution in [-0.4, -0.2) is 16.7 Å². The number of non-ortho nitro benzene ring substituents is 1. The third-order valence-corrected chi connectivity index (χ3v) is 3.20. The molecule has 0 unspecified atom stereocenters. The monoisotopic (exact) mass is 313 g/mol. The lowest BCUT2D eigenvalue weighted by Gasteiger charge is -2.04. The molecule has 118 valence electrons. The summed E-state index contributed by atoms with van der Waals surface area (Å²) >= 11 is 0. The lowest BCUT2D eigenvalue weighted by Crippen LogP contribution is -2.15. The van der Waals surface area contributed by atoms with E-state index in [4.69, 9.17) is 10.6 Å². The maximum absolute atomic E-state index is 12.0. The van der Waals surface area contributed by atoms with E-state index >= 15 is 0 Å². The fourth-order valence-corrected chi connectivity index (χ4v) is 1.99. The van der Waals surface area contributed by atoms with E-state index < -0.39 is 10.9 Å². The second-order valence-electron chi connectivity index (χ2n) is 4.98. The van der Waals surface area contributed by atoms with Gasteiger partial charge in [-0.1, -0.05) is 22.9 Å². The van der Waals surface area contributed by atoms with Gasteiger partial charge in [0.25, 0.3) is 5.69 Å². The fraction of sp³-hybridized carbons (Fsp3) is 0.125. The highest BCUT2D eigenvalue weighted by atomic mass is 16.7. The summed E-state index contributed by atoms with van der Waals surface area (Å²) in [6, 6.07) is 10.8. The highest BCUT2D eigenvalue weighted by Crippen LogP contribution is 2.13. The molecule has 0 radical (unpaired) electrons. The van der Waals surface area contributed by atoms with Crippen LogP contribution in [0.15, 0.2) is 47.6 Å². The fourth-order valence-electron chi connectivity index (χ4n) is 1.99. The van der Waals surface area contributed by atoms with E-state index in [1.165, 1.54) is 24.3 Å². The van der Waals surface area contributed by atoms with Gasteiger partial charge in [0.05, 0.1) is 10.5 Å². The molecule has 2 N–H and O–H groups in total. The molecule has 2 aromatic carbocycles. The quantitative estimate of drug-likeness (QED) is 0.307. The Morgan fingerprint density at radius 2 is 1.83 bits per heavy atom. The average Bonchev–Trinajstić information content (AvgIpc) is 2.52. The number of hydrogen-bond donors (Lipinski definition) is 1. The molecule has 2 aromatic rings. The van der Waals surface area contributed by atoms with Crippen LogP contribution in [-0.2, 0) is 4.84 Å². The van der Waals surface area contributed by atoms with Gasteiger partial charge in [-0.25, -0.2) is 4.79 Å². The van der Waals surface area contributed by atoms with Crippen LogP contribution in [0.1, 0.15) is 27.0 Å². The van der Waals surface area contributed by atoms with E-state index in [1.54, 1.807) is 19.1 Å². The minimum Gasteiger partial charge on any atom is -0.380 e. The van der Waals surface area contributed by atoms with Crippen molar-refractivity contribution < 1.29 is 14.6 Å². The molecule has 0 saturated heterocycles. The smallest absolute Gasteiger partial charge is 0.366 e. The first-order valence-electron chi connectivity index (χ1n) is 6.75. The lowest BCUT2D eigenvalue weighted by atomic mass is 10.1. The third kappa shape index (κ3) is 3.91. The number of rotatable bonds is 4. The summed E-state index contributed by atoms with van der Waals surface area (Å²) in [5, 5.41) is 14.2. The van der Waals surface area contributed by atoms with E-state index in [9.17, 15) is 14.9 Å². The van der Waals surface area contributed by atoms with Crippen LogP contribution in [0.5, 0.6) is 0 Å². The van der Waals surface area contributed by atoms with Crippen LogP contribution < -0.4 is 5.73 Å². The Bertz CT molecular complexity index is 782. The number of oxime groups is 1. The van der Waals surface area contributed by atoms with E-state index in [1.807, 2.05) is 13.0 Å². The molecule has 0 saturated carbocycles. The van der Waals surface area contributed by atoms with Crippen LogP contribution >= 0.6 is 0 Å². The first-order chi connectivity index (χ1) is 10.9. The largest absolute Gasteiger partial charge is 0.380 e. The molecule has 0 bridgehead atoms. The van der Waals surface area contributed by atoms with Crippen LogP contribution in [0.25, 0.3) is 0 Å². The van der Waals surface area contributed by atoms with Gasteiger partial charge in [-0.2, -0.15) is 0 Å². The predicted octanol–water partition coefficient (Wildman–Crippen LogP) is 2.69. The number of benzene rings is 2. The van der Waals surface area contributed by atoms with Crippen molar-refractivity contribution in [2.45, 2.75) is 13.8 Å². The van der Waals surface area contributed by atoms with E-state index in [0.717, 1.165) is 11.1 Å². The molecular weight excluding hydrogens is 298 g/mol. The number of carbonyl (C=O) groups excluding carboxylic acids is 1. The molecule has 0 aliphatic carbocycles. The summed E-state index contributed by atoms with van der Waals surface area (Å²) < 4.78 is 0. The Morgan fingerprint density at radius 3 is 2.39 bits per heavy atom. The van der Waals surface area contributed by atoms with Gasteiger partial charge < -0.3 is 10.6 Å². The summed E-state index contributed by atoms with van der Waals surface area (Å²) in [4.78, 5) is 26.9. The van der Waals surface area contributed by atoms with Crippen molar-refractivity contribution in [2.24, 2.45) is 10.9 Å². The van der Waals surface area contributed by atoms with Crippen molar-refractivity contribution in [1.82, 2.24) is 0 Å². The molecule has 0 fully saturated rings. The van der Waals surface area contributed by atoms with Crippen molar-refractivity contribution in [2.75, 3.05) is 0 Å². The Morgan fingerprint density at radius 1 is 1.17 bits per heavy atom. The van der Waals surface area contributed by atoms with Crippen LogP contribution in [0, 0.1) is 24.0 Å². The Balaban J connectivity index is 2.12.